The summed E-state index contributed by atoms with van der Waals surface area (Å²) in [5.41, 5.74) is 0. The molecule has 0 heterocycles. The summed E-state index contributed by atoms with van der Waals surface area (Å²) >= 11 is 0. The quantitative estimate of drug-likeness (QED) is 0.0262. The van der Waals surface area contributed by atoms with Crippen LogP contribution in [0.5, 0.6) is 0 Å². The molecule has 1 atom stereocenters. The van der Waals surface area contributed by atoms with Gasteiger partial charge in [-0.05, 0) is 116 Å². The molecule has 64 heavy (non-hydrogen) atoms. The number of esters is 3. The molecule has 0 spiro atoms. The number of unbranched alkanes of at least 4 members (excludes halogenated alkanes) is 19. The lowest BCUT2D eigenvalue weighted by molar-refractivity contribution is -0.167. The molecular formula is C58H96O6. The minimum absolute atomic E-state index is 0.106. The van der Waals surface area contributed by atoms with Gasteiger partial charge < -0.3 is 14.2 Å². The standard InChI is InChI=1S/C58H96O6/c1-4-7-10-13-16-19-22-25-28-29-31-33-36-39-42-45-48-51-57(60)63-54-55(53-62-56(59)50-47-44-41-38-35-32-27-24-21-18-15-12-9-6-3)64-58(61)52-49-46-43-40-37-34-30-26-23-20-17-14-11-8-5-2/h7,10,16-17,19-20,24-28,30-31,33,39,42,55H,4-6,8-9,11-15,18,21-23,29,32,34-38,40-41,43-54H2,1-3H3/b10-7-,19-16-,20-17-,27-24-,28-25-,30-26-,33-31-,42-39-/t55-/m1/s1. The van der Waals surface area contributed by atoms with Crippen LogP contribution in [0.2, 0.25) is 0 Å². The molecular weight excluding hydrogens is 793 g/mol. The fourth-order valence-electron chi connectivity index (χ4n) is 6.85. The first-order valence-electron chi connectivity index (χ1n) is 26.2. The van der Waals surface area contributed by atoms with E-state index in [2.05, 4.69) is 118 Å². The summed E-state index contributed by atoms with van der Waals surface area (Å²) in [6.07, 6.45) is 68.2. The second-order valence-electron chi connectivity index (χ2n) is 17.0. The molecule has 364 valence electrons. The molecule has 0 radical (unpaired) electrons. The Kier molecular flexibility index (Phi) is 49.0. The van der Waals surface area contributed by atoms with Crippen molar-refractivity contribution in [3.8, 4) is 0 Å². The van der Waals surface area contributed by atoms with Crippen LogP contribution in [-0.2, 0) is 28.6 Å². The van der Waals surface area contributed by atoms with E-state index >= 15 is 0 Å². The summed E-state index contributed by atoms with van der Waals surface area (Å²) in [7, 11) is 0. The van der Waals surface area contributed by atoms with Crippen LogP contribution in [0.25, 0.3) is 0 Å². The highest BCUT2D eigenvalue weighted by molar-refractivity contribution is 5.71. The van der Waals surface area contributed by atoms with Crippen molar-refractivity contribution in [2.45, 2.75) is 239 Å². The molecule has 0 aliphatic heterocycles. The third-order valence-electron chi connectivity index (χ3n) is 10.8. The summed E-state index contributed by atoms with van der Waals surface area (Å²) in [6, 6.07) is 0. The minimum Gasteiger partial charge on any atom is -0.462 e. The number of allylic oxidation sites excluding steroid dienone is 16. The zero-order chi connectivity index (χ0) is 46.5. The fourth-order valence-corrected chi connectivity index (χ4v) is 6.85. The van der Waals surface area contributed by atoms with Crippen LogP contribution in [0.1, 0.15) is 233 Å². The molecule has 0 saturated heterocycles. The average Bonchev–Trinajstić information content (AvgIpc) is 3.29. The van der Waals surface area contributed by atoms with Crippen molar-refractivity contribution in [3.05, 3.63) is 97.2 Å². The number of carbonyl (C=O) groups excluding carboxylic acids is 3. The molecule has 0 rings (SSSR count). The lowest BCUT2D eigenvalue weighted by atomic mass is 10.1. The number of hydrogen-bond acceptors (Lipinski definition) is 6. The van der Waals surface area contributed by atoms with Gasteiger partial charge in [-0.2, -0.15) is 0 Å². The maximum absolute atomic E-state index is 12.8. The first-order chi connectivity index (χ1) is 31.5. The third kappa shape index (κ3) is 49.3. The van der Waals surface area contributed by atoms with Gasteiger partial charge in [-0.1, -0.05) is 195 Å². The lowest BCUT2D eigenvalue weighted by Gasteiger charge is -2.18. The summed E-state index contributed by atoms with van der Waals surface area (Å²) in [5, 5.41) is 0. The number of carbonyl (C=O) groups is 3. The number of ether oxygens (including phenoxy) is 3. The van der Waals surface area contributed by atoms with Gasteiger partial charge in [-0.15, -0.1) is 0 Å². The van der Waals surface area contributed by atoms with E-state index in [0.717, 1.165) is 116 Å². The Morgan fingerprint density at radius 2 is 0.625 bits per heavy atom. The van der Waals surface area contributed by atoms with Gasteiger partial charge in [0.1, 0.15) is 13.2 Å². The molecule has 0 aliphatic carbocycles. The normalized spacial score (nSPS) is 12.9. The minimum atomic E-state index is -0.811. The van der Waals surface area contributed by atoms with Crippen LogP contribution in [0, 0.1) is 0 Å². The van der Waals surface area contributed by atoms with E-state index in [4.69, 9.17) is 14.2 Å². The monoisotopic (exact) mass is 889 g/mol. The molecule has 0 saturated carbocycles. The molecule has 0 N–H and O–H groups in total. The van der Waals surface area contributed by atoms with Gasteiger partial charge in [0.05, 0.1) is 0 Å². The van der Waals surface area contributed by atoms with E-state index in [1.54, 1.807) is 0 Å². The van der Waals surface area contributed by atoms with Gasteiger partial charge in [-0.3, -0.25) is 14.4 Å². The van der Waals surface area contributed by atoms with Gasteiger partial charge in [0, 0.05) is 19.3 Å². The van der Waals surface area contributed by atoms with Crippen molar-refractivity contribution in [1.29, 1.82) is 0 Å². The second kappa shape index (κ2) is 52.0. The Morgan fingerprint density at radius 1 is 0.328 bits per heavy atom. The van der Waals surface area contributed by atoms with Crippen molar-refractivity contribution in [1.82, 2.24) is 0 Å². The van der Waals surface area contributed by atoms with Crippen molar-refractivity contribution >= 4 is 17.9 Å². The average molecular weight is 889 g/mol. The Bertz CT molecular complexity index is 1300. The van der Waals surface area contributed by atoms with Gasteiger partial charge in [0.15, 0.2) is 6.10 Å². The van der Waals surface area contributed by atoms with Crippen molar-refractivity contribution < 1.29 is 28.6 Å². The van der Waals surface area contributed by atoms with Gasteiger partial charge >= 0.3 is 17.9 Å². The summed E-state index contributed by atoms with van der Waals surface area (Å²) in [5.74, 6) is -0.991. The summed E-state index contributed by atoms with van der Waals surface area (Å²) in [4.78, 5) is 38.0. The highest BCUT2D eigenvalue weighted by Crippen LogP contribution is 2.13. The Morgan fingerprint density at radius 3 is 1.06 bits per heavy atom. The fraction of sp³-hybridized carbons (Fsp3) is 0.672. The summed E-state index contributed by atoms with van der Waals surface area (Å²) in [6.45, 7) is 6.41. The Hall–Kier alpha value is -3.67. The molecule has 0 aromatic rings. The van der Waals surface area contributed by atoms with Crippen LogP contribution in [0.3, 0.4) is 0 Å². The zero-order valence-electron chi connectivity index (χ0n) is 41.5. The van der Waals surface area contributed by atoms with Crippen molar-refractivity contribution in [2.75, 3.05) is 13.2 Å². The maximum atomic E-state index is 12.8. The molecule has 0 aromatic carbocycles. The van der Waals surface area contributed by atoms with E-state index in [-0.39, 0.29) is 37.5 Å². The third-order valence-corrected chi connectivity index (χ3v) is 10.8. The highest BCUT2D eigenvalue weighted by atomic mass is 16.6. The molecule has 0 amide bonds. The van der Waals surface area contributed by atoms with Crippen LogP contribution in [0.15, 0.2) is 97.2 Å². The van der Waals surface area contributed by atoms with Crippen molar-refractivity contribution in [2.24, 2.45) is 0 Å². The lowest BCUT2D eigenvalue weighted by Crippen LogP contribution is -2.30. The molecule has 0 aromatic heterocycles. The van der Waals surface area contributed by atoms with Crippen LogP contribution in [-0.4, -0.2) is 37.2 Å². The Labute approximate surface area is 394 Å². The number of hydrogen-bond donors (Lipinski definition) is 0. The SMILES string of the molecule is CC/C=C\C/C=C\C/C=C\C/C=C\C/C=C\CCCC(=O)OC[C@@H](COC(=O)CCCCCCC/C=C\CCCCCCC)OC(=O)CCCCCCC/C=C\C/C=C\CCCCC. The first-order valence-corrected chi connectivity index (χ1v) is 26.2. The molecule has 0 unspecified atom stereocenters. The topological polar surface area (TPSA) is 78.9 Å². The zero-order valence-corrected chi connectivity index (χ0v) is 41.5. The predicted octanol–water partition coefficient (Wildman–Crippen LogP) is 17.4. The Balaban J connectivity index is 4.52. The first kappa shape index (κ1) is 60.3. The van der Waals surface area contributed by atoms with Crippen LogP contribution in [0.4, 0.5) is 0 Å². The molecule has 0 aliphatic rings. The second-order valence-corrected chi connectivity index (χ2v) is 17.0. The van der Waals surface area contributed by atoms with Gasteiger partial charge in [0.2, 0.25) is 0 Å². The van der Waals surface area contributed by atoms with E-state index in [1.165, 1.54) is 70.6 Å². The molecule has 0 bridgehead atoms. The maximum Gasteiger partial charge on any atom is 0.306 e. The summed E-state index contributed by atoms with van der Waals surface area (Å²) < 4.78 is 16.7. The van der Waals surface area contributed by atoms with Crippen LogP contribution >= 0.6 is 0 Å². The molecule has 6 heteroatoms. The van der Waals surface area contributed by atoms with Crippen molar-refractivity contribution in [3.63, 3.8) is 0 Å². The largest absolute Gasteiger partial charge is 0.462 e. The van der Waals surface area contributed by atoms with Crippen LogP contribution < -0.4 is 0 Å². The van der Waals surface area contributed by atoms with E-state index in [1.807, 2.05) is 0 Å². The van der Waals surface area contributed by atoms with E-state index in [0.29, 0.717) is 19.3 Å². The van der Waals surface area contributed by atoms with E-state index in [9.17, 15) is 14.4 Å². The number of rotatable bonds is 46. The predicted molar refractivity (Wildman–Crippen MR) is 274 cm³/mol. The van der Waals surface area contributed by atoms with Gasteiger partial charge in [-0.25, -0.2) is 0 Å². The molecule has 6 nitrogen and oxygen atoms in total. The van der Waals surface area contributed by atoms with E-state index < -0.39 is 6.10 Å². The molecule has 0 fully saturated rings. The highest BCUT2D eigenvalue weighted by Gasteiger charge is 2.19. The van der Waals surface area contributed by atoms with Gasteiger partial charge in [0.25, 0.3) is 0 Å². The smallest absolute Gasteiger partial charge is 0.306 e.